The molecule has 2 amide bonds. The maximum absolute atomic E-state index is 12.0. The Morgan fingerprint density at radius 2 is 1.95 bits per heavy atom. The van der Waals surface area contributed by atoms with Gasteiger partial charge in [0.15, 0.2) is 0 Å². The Morgan fingerprint density at radius 1 is 1.24 bits per heavy atom. The molecular formula is C15H20N2O2S2. The van der Waals surface area contributed by atoms with Crippen LogP contribution in [0.5, 0.6) is 0 Å². The highest BCUT2D eigenvalue weighted by atomic mass is 32.2. The van der Waals surface area contributed by atoms with Crippen molar-refractivity contribution in [2.24, 2.45) is 0 Å². The summed E-state index contributed by atoms with van der Waals surface area (Å²) in [5.41, 5.74) is 2.88. The third-order valence-corrected chi connectivity index (χ3v) is 6.03. The first-order chi connectivity index (χ1) is 10.1. The van der Waals surface area contributed by atoms with E-state index in [0.717, 1.165) is 34.1 Å². The molecule has 0 spiro atoms. The molecule has 4 nitrogen and oxygen atoms in total. The number of benzene rings is 1. The van der Waals surface area contributed by atoms with Crippen molar-refractivity contribution in [3.05, 3.63) is 29.3 Å². The monoisotopic (exact) mass is 324 g/mol. The maximum Gasteiger partial charge on any atom is 0.243 e. The second-order valence-electron chi connectivity index (χ2n) is 4.97. The number of amides is 2. The Labute approximate surface area is 133 Å². The van der Waals surface area contributed by atoms with Crippen LogP contribution in [0.4, 0.5) is 5.69 Å². The number of hydrogen-bond donors (Lipinski definition) is 2. The van der Waals surface area contributed by atoms with Gasteiger partial charge in [0.1, 0.15) is 0 Å². The Morgan fingerprint density at radius 3 is 2.57 bits per heavy atom. The van der Waals surface area contributed by atoms with Gasteiger partial charge in [0.25, 0.3) is 0 Å². The van der Waals surface area contributed by atoms with Gasteiger partial charge in [0, 0.05) is 22.9 Å². The summed E-state index contributed by atoms with van der Waals surface area (Å²) in [5.74, 6) is 2.70. The highest BCUT2D eigenvalue weighted by Gasteiger charge is 2.22. The van der Waals surface area contributed by atoms with E-state index in [-0.39, 0.29) is 23.6 Å². The molecule has 2 rings (SSSR count). The molecule has 1 unspecified atom stereocenters. The summed E-state index contributed by atoms with van der Waals surface area (Å²) in [5, 5.41) is 5.57. The van der Waals surface area contributed by atoms with E-state index in [4.69, 9.17) is 0 Å². The topological polar surface area (TPSA) is 58.2 Å². The SMILES string of the molecule is Cc1cccc(C)c1NC(=O)CNC(=O)C1CSCCS1. The van der Waals surface area contributed by atoms with Crippen LogP contribution in [0, 0.1) is 13.8 Å². The number of aryl methyl sites for hydroxylation is 2. The van der Waals surface area contributed by atoms with Gasteiger partial charge in [-0.05, 0) is 25.0 Å². The summed E-state index contributed by atoms with van der Waals surface area (Å²) in [6.45, 7) is 3.93. The summed E-state index contributed by atoms with van der Waals surface area (Å²) in [7, 11) is 0. The first kappa shape index (κ1) is 16.2. The Kier molecular flexibility index (Phi) is 5.99. The number of para-hydroxylation sites is 1. The van der Waals surface area contributed by atoms with E-state index in [1.165, 1.54) is 0 Å². The second kappa shape index (κ2) is 7.75. The minimum Gasteiger partial charge on any atom is -0.346 e. The van der Waals surface area contributed by atoms with Crippen LogP contribution < -0.4 is 10.6 Å². The molecule has 1 aromatic carbocycles. The number of anilines is 1. The fraction of sp³-hybridized carbons (Fsp3) is 0.467. The molecule has 0 aromatic heterocycles. The van der Waals surface area contributed by atoms with Crippen molar-refractivity contribution in [2.45, 2.75) is 19.1 Å². The lowest BCUT2D eigenvalue weighted by Gasteiger charge is -2.20. The van der Waals surface area contributed by atoms with Gasteiger partial charge >= 0.3 is 0 Å². The predicted molar refractivity (Wildman–Crippen MR) is 91.1 cm³/mol. The van der Waals surface area contributed by atoms with Crippen molar-refractivity contribution in [3.63, 3.8) is 0 Å². The number of hydrogen-bond acceptors (Lipinski definition) is 4. The van der Waals surface area contributed by atoms with Crippen molar-refractivity contribution in [2.75, 3.05) is 29.1 Å². The predicted octanol–water partition coefficient (Wildman–Crippen LogP) is 2.21. The van der Waals surface area contributed by atoms with E-state index < -0.39 is 0 Å². The molecule has 1 saturated heterocycles. The zero-order chi connectivity index (χ0) is 15.2. The summed E-state index contributed by atoms with van der Waals surface area (Å²) in [6, 6.07) is 5.87. The second-order valence-corrected chi connectivity index (χ2v) is 7.43. The van der Waals surface area contributed by atoms with Gasteiger partial charge < -0.3 is 10.6 Å². The fourth-order valence-electron chi connectivity index (χ4n) is 2.12. The van der Waals surface area contributed by atoms with Crippen molar-refractivity contribution in [3.8, 4) is 0 Å². The van der Waals surface area contributed by atoms with Crippen LogP contribution in [0.15, 0.2) is 18.2 Å². The van der Waals surface area contributed by atoms with Gasteiger partial charge in [-0.25, -0.2) is 0 Å². The molecule has 0 aliphatic carbocycles. The maximum atomic E-state index is 12.0. The molecule has 0 saturated carbocycles. The highest BCUT2D eigenvalue weighted by Crippen LogP contribution is 2.24. The normalized spacial score (nSPS) is 18.1. The lowest BCUT2D eigenvalue weighted by Crippen LogP contribution is -2.40. The minimum atomic E-state index is -0.186. The lowest BCUT2D eigenvalue weighted by atomic mass is 10.1. The molecule has 6 heteroatoms. The third kappa shape index (κ3) is 4.68. The van der Waals surface area contributed by atoms with Crippen LogP contribution in [0.25, 0.3) is 0 Å². The molecule has 0 bridgehead atoms. The number of carbonyl (C=O) groups is 2. The van der Waals surface area contributed by atoms with Crippen molar-refractivity contribution < 1.29 is 9.59 Å². The molecule has 114 valence electrons. The molecule has 1 heterocycles. The standard InChI is InChI=1S/C15H20N2O2S2/c1-10-4-3-5-11(2)14(10)17-13(18)8-16-15(19)12-9-20-6-7-21-12/h3-5,12H,6-9H2,1-2H3,(H,16,19)(H,17,18). The minimum absolute atomic E-state index is 0.0222. The van der Waals surface area contributed by atoms with Crippen LogP contribution in [-0.4, -0.2) is 40.9 Å². The van der Waals surface area contributed by atoms with Gasteiger partial charge in [-0.1, -0.05) is 18.2 Å². The Hall–Kier alpha value is -1.14. The highest BCUT2D eigenvalue weighted by molar-refractivity contribution is 8.07. The third-order valence-electron chi connectivity index (χ3n) is 3.28. The zero-order valence-corrected chi connectivity index (χ0v) is 13.9. The fourth-order valence-corrected chi connectivity index (χ4v) is 4.70. The lowest BCUT2D eigenvalue weighted by molar-refractivity contribution is -0.123. The number of rotatable bonds is 4. The molecular weight excluding hydrogens is 304 g/mol. The quantitative estimate of drug-likeness (QED) is 0.891. The summed E-state index contributed by atoms with van der Waals surface area (Å²) >= 11 is 3.46. The number of carbonyl (C=O) groups excluding carboxylic acids is 2. The summed E-state index contributed by atoms with van der Waals surface area (Å²) in [6.07, 6.45) is 0. The summed E-state index contributed by atoms with van der Waals surface area (Å²) < 4.78 is 0. The summed E-state index contributed by atoms with van der Waals surface area (Å²) in [4.78, 5) is 23.9. The van der Waals surface area contributed by atoms with Crippen molar-refractivity contribution >= 4 is 41.0 Å². The average Bonchev–Trinajstić information content (AvgIpc) is 2.49. The number of thioether (sulfide) groups is 2. The van der Waals surface area contributed by atoms with E-state index in [1.807, 2.05) is 32.0 Å². The van der Waals surface area contributed by atoms with E-state index in [9.17, 15) is 9.59 Å². The van der Waals surface area contributed by atoms with Crippen LogP contribution in [0.1, 0.15) is 11.1 Å². The average molecular weight is 324 g/mol. The smallest absolute Gasteiger partial charge is 0.243 e. The van der Waals surface area contributed by atoms with E-state index in [0.29, 0.717) is 0 Å². The molecule has 1 aliphatic heterocycles. The molecule has 0 radical (unpaired) electrons. The van der Waals surface area contributed by atoms with Crippen LogP contribution in [0.2, 0.25) is 0 Å². The first-order valence-electron chi connectivity index (χ1n) is 6.91. The Bertz CT molecular complexity index is 508. The van der Waals surface area contributed by atoms with Crippen LogP contribution >= 0.6 is 23.5 Å². The van der Waals surface area contributed by atoms with Gasteiger partial charge in [-0.15, -0.1) is 11.8 Å². The molecule has 1 aliphatic rings. The largest absolute Gasteiger partial charge is 0.346 e. The van der Waals surface area contributed by atoms with Crippen molar-refractivity contribution in [1.82, 2.24) is 5.32 Å². The van der Waals surface area contributed by atoms with E-state index in [2.05, 4.69) is 10.6 Å². The van der Waals surface area contributed by atoms with Crippen molar-refractivity contribution in [1.29, 1.82) is 0 Å². The van der Waals surface area contributed by atoms with Crippen LogP contribution in [0.3, 0.4) is 0 Å². The zero-order valence-electron chi connectivity index (χ0n) is 12.3. The molecule has 1 aromatic rings. The molecule has 21 heavy (non-hydrogen) atoms. The number of nitrogens with one attached hydrogen (secondary N) is 2. The van der Waals surface area contributed by atoms with Gasteiger partial charge in [0.05, 0.1) is 11.8 Å². The molecule has 1 atom stereocenters. The molecule has 1 fully saturated rings. The van der Waals surface area contributed by atoms with Gasteiger partial charge in [-0.2, -0.15) is 11.8 Å². The van der Waals surface area contributed by atoms with E-state index >= 15 is 0 Å². The van der Waals surface area contributed by atoms with E-state index in [1.54, 1.807) is 23.5 Å². The molecule has 2 N–H and O–H groups in total. The van der Waals surface area contributed by atoms with Crippen LogP contribution in [-0.2, 0) is 9.59 Å². The van der Waals surface area contributed by atoms with Gasteiger partial charge in [0.2, 0.25) is 11.8 Å². The first-order valence-corrected chi connectivity index (χ1v) is 9.11. The van der Waals surface area contributed by atoms with Gasteiger partial charge in [-0.3, -0.25) is 9.59 Å². The Balaban J connectivity index is 1.83.